The molecule has 1 aromatic heterocycles. The number of rotatable bonds is 6. The highest BCUT2D eigenvalue weighted by molar-refractivity contribution is 9.10. The predicted octanol–water partition coefficient (Wildman–Crippen LogP) is 2.57. The highest BCUT2D eigenvalue weighted by Gasteiger charge is 2.20. The van der Waals surface area contributed by atoms with Gasteiger partial charge in [-0.2, -0.15) is 0 Å². The highest BCUT2D eigenvalue weighted by atomic mass is 79.9. The molecule has 0 amide bonds. The van der Waals surface area contributed by atoms with Gasteiger partial charge in [-0.15, -0.1) is 0 Å². The zero-order valence-corrected chi connectivity index (χ0v) is 11.8. The van der Waals surface area contributed by atoms with E-state index in [0.717, 1.165) is 6.42 Å². The maximum absolute atomic E-state index is 10.9. The van der Waals surface area contributed by atoms with E-state index < -0.39 is 4.92 Å². The average molecular weight is 318 g/mol. The summed E-state index contributed by atoms with van der Waals surface area (Å²) in [6.07, 6.45) is 3.40. The number of halogens is 1. The van der Waals surface area contributed by atoms with Crippen molar-refractivity contribution in [1.29, 1.82) is 0 Å². The third-order valence-electron chi connectivity index (χ3n) is 2.40. The Bertz CT molecular complexity index is 426. The minimum Gasteiger partial charge on any atom is -0.394 e. The van der Waals surface area contributed by atoms with Gasteiger partial charge in [-0.1, -0.05) is 13.8 Å². The summed E-state index contributed by atoms with van der Waals surface area (Å²) in [5.41, 5.74) is 0.251. The SMILES string of the molecule is CC(C)CC(CO)Nc1c(Br)cncc1[N+](=O)[O-]. The lowest BCUT2D eigenvalue weighted by molar-refractivity contribution is -0.384. The van der Waals surface area contributed by atoms with E-state index in [9.17, 15) is 15.2 Å². The first-order chi connectivity index (χ1) is 8.45. The Morgan fingerprint density at radius 2 is 2.22 bits per heavy atom. The van der Waals surface area contributed by atoms with Crippen LogP contribution in [-0.2, 0) is 0 Å². The summed E-state index contributed by atoms with van der Waals surface area (Å²) in [6.45, 7) is 3.98. The second kappa shape index (κ2) is 6.65. The maximum atomic E-state index is 10.9. The fourth-order valence-electron chi connectivity index (χ4n) is 1.66. The fourth-order valence-corrected chi connectivity index (χ4v) is 2.09. The van der Waals surface area contributed by atoms with Crippen LogP contribution < -0.4 is 5.32 Å². The zero-order valence-electron chi connectivity index (χ0n) is 10.3. The number of nitrogens with zero attached hydrogens (tertiary/aromatic N) is 2. The van der Waals surface area contributed by atoms with Crippen LogP contribution in [-0.4, -0.2) is 27.7 Å². The number of nitro groups is 1. The van der Waals surface area contributed by atoms with Crippen molar-refractivity contribution in [3.63, 3.8) is 0 Å². The molecule has 100 valence electrons. The lowest BCUT2D eigenvalue weighted by Crippen LogP contribution is -2.26. The number of aliphatic hydroxyl groups excluding tert-OH is 1. The van der Waals surface area contributed by atoms with E-state index in [1.54, 1.807) is 0 Å². The Hall–Kier alpha value is -1.21. The highest BCUT2D eigenvalue weighted by Crippen LogP contribution is 2.32. The summed E-state index contributed by atoms with van der Waals surface area (Å²) in [7, 11) is 0. The molecule has 0 aliphatic carbocycles. The predicted molar refractivity (Wildman–Crippen MR) is 72.5 cm³/mol. The van der Waals surface area contributed by atoms with E-state index in [2.05, 4.69) is 26.2 Å². The van der Waals surface area contributed by atoms with Crippen molar-refractivity contribution in [3.8, 4) is 0 Å². The topological polar surface area (TPSA) is 88.3 Å². The number of anilines is 1. The van der Waals surface area contributed by atoms with Gasteiger partial charge in [0.05, 0.1) is 16.0 Å². The first-order valence-electron chi connectivity index (χ1n) is 5.61. The lowest BCUT2D eigenvalue weighted by Gasteiger charge is -2.19. The molecule has 0 saturated heterocycles. The van der Waals surface area contributed by atoms with Crippen molar-refractivity contribution in [2.75, 3.05) is 11.9 Å². The Balaban J connectivity index is 2.97. The van der Waals surface area contributed by atoms with Gasteiger partial charge in [-0.05, 0) is 28.3 Å². The van der Waals surface area contributed by atoms with Crippen LogP contribution >= 0.6 is 15.9 Å². The molecule has 2 N–H and O–H groups in total. The summed E-state index contributed by atoms with van der Waals surface area (Å²) in [4.78, 5) is 14.2. The molecule has 6 nitrogen and oxygen atoms in total. The normalized spacial score (nSPS) is 12.5. The van der Waals surface area contributed by atoms with E-state index in [-0.39, 0.29) is 18.3 Å². The summed E-state index contributed by atoms with van der Waals surface area (Å²) >= 11 is 3.23. The second-order valence-corrected chi connectivity index (χ2v) is 5.28. The molecule has 0 aliphatic rings. The van der Waals surface area contributed by atoms with E-state index in [4.69, 9.17) is 0 Å². The molecule has 1 heterocycles. The number of aliphatic hydroxyl groups is 1. The smallest absolute Gasteiger partial charge is 0.311 e. The molecule has 1 atom stereocenters. The van der Waals surface area contributed by atoms with Gasteiger partial charge in [-0.25, -0.2) is 0 Å². The van der Waals surface area contributed by atoms with E-state index in [1.165, 1.54) is 12.4 Å². The van der Waals surface area contributed by atoms with Crippen molar-refractivity contribution in [3.05, 3.63) is 27.0 Å². The molecule has 0 bridgehead atoms. The maximum Gasteiger partial charge on any atom is 0.311 e. The van der Waals surface area contributed by atoms with E-state index in [0.29, 0.717) is 16.1 Å². The van der Waals surface area contributed by atoms with Crippen LogP contribution in [0.3, 0.4) is 0 Å². The molecule has 0 radical (unpaired) electrons. The molecular weight excluding hydrogens is 302 g/mol. The van der Waals surface area contributed by atoms with Crippen LogP contribution in [0.2, 0.25) is 0 Å². The van der Waals surface area contributed by atoms with Crippen molar-refractivity contribution in [1.82, 2.24) is 4.98 Å². The quantitative estimate of drug-likeness (QED) is 0.622. The van der Waals surface area contributed by atoms with Crippen molar-refractivity contribution in [2.45, 2.75) is 26.3 Å². The summed E-state index contributed by atoms with van der Waals surface area (Å²) < 4.78 is 0.513. The standard InChI is InChI=1S/C11H16BrN3O3/c1-7(2)3-8(6-16)14-11-9(12)4-13-5-10(11)15(17)18/h4-5,7-8,16H,3,6H2,1-2H3,(H,13,14). The molecular formula is C11H16BrN3O3. The number of hydrogen-bond donors (Lipinski definition) is 2. The number of pyridine rings is 1. The van der Waals surface area contributed by atoms with E-state index >= 15 is 0 Å². The van der Waals surface area contributed by atoms with Crippen LogP contribution in [0.5, 0.6) is 0 Å². The van der Waals surface area contributed by atoms with Gasteiger partial charge in [0.2, 0.25) is 0 Å². The van der Waals surface area contributed by atoms with Crippen LogP contribution in [0.1, 0.15) is 20.3 Å². The summed E-state index contributed by atoms with van der Waals surface area (Å²) in [5.74, 6) is 0.384. The molecule has 0 spiro atoms. The van der Waals surface area contributed by atoms with Crippen molar-refractivity contribution in [2.24, 2.45) is 5.92 Å². The number of hydrogen-bond acceptors (Lipinski definition) is 5. The van der Waals surface area contributed by atoms with Gasteiger partial charge in [0.15, 0.2) is 0 Å². The third kappa shape index (κ3) is 3.92. The second-order valence-electron chi connectivity index (χ2n) is 4.43. The Morgan fingerprint density at radius 3 is 2.72 bits per heavy atom. The Labute approximate surface area is 114 Å². The largest absolute Gasteiger partial charge is 0.394 e. The van der Waals surface area contributed by atoms with Crippen LogP contribution in [0.25, 0.3) is 0 Å². The van der Waals surface area contributed by atoms with Gasteiger partial charge in [0.1, 0.15) is 11.9 Å². The first kappa shape index (κ1) is 14.8. The zero-order chi connectivity index (χ0) is 13.7. The Morgan fingerprint density at radius 1 is 1.56 bits per heavy atom. The molecule has 1 rings (SSSR count). The van der Waals surface area contributed by atoms with Gasteiger partial charge in [0, 0.05) is 12.2 Å². The minimum atomic E-state index is -0.496. The molecule has 0 saturated carbocycles. The number of aromatic nitrogens is 1. The van der Waals surface area contributed by atoms with Crippen LogP contribution in [0, 0.1) is 16.0 Å². The van der Waals surface area contributed by atoms with Gasteiger partial charge in [-0.3, -0.25) is 15.1 Å². The molecule has 18 heavy (non-hydrogen) atoms. The van der Waals surface area contributed by atoms with Gasteiger partial charge in [0.25, 0.3) is 0 Å². The van der Waals surface area contributed by atoms with Crippen LogP contribution in [0.15, 0.2) is 16.9 Å². The molecule has 1 unspecified atom stereocenters. The minimum absolute atomic E-state index is 0.0793. The fraction of sp³-hybridized carbons (Fsp3) is 0.545. The molecule has 1 aromatic rings. The summed E-state index contributed by atoms with van der Waals surface area (Å²) in [6, 6.07) is -0.220. The third-order valence-corrected chi connectivity index (χ3v) is 3.00. The van der Waals surface area contributed by atoms with E-state index in [1.807, 2.05) is 13.8 Å². The molecule has 0 aromatic carbocycles. The molecule has 0 aliphatic heterocycles. The van der Waals surface area contributed by atoms with Gasteiger partial charge < -0.3 is 10.4 Å². The van der Waals surface area contributed by atoms with Gasteiger partial charge >= 0.3 is 5.69 Å². The van der Waals surface area contributed by atoms with Crippen molar-refractivity contribution >= 4 is 27.3 Å². The number of nitrogens with one attached hydrogen (secondary N) is 1. The van der Waals surface area contributed by atoms with Crippen molar-refractivity contribution < 1.29 is 10.0 Å². The van der Waals surface area contributed by atoms with Crippen LogP contribution in [0.4, 0.5) is 11.4 Å². The lowest BCUT2D eigenvalue weighted by atomic mass is 10.0. The average Bonchev–Trinajstić information content (AvgIpc) is 2.29. The Kier molecular flexibility index (Phi) is 5.49. The first-order valence-corrected chi connectivity index (χ1v) is 6.40. The molecule has 7 heteroatoms. The summed E-state index contributed by atoms with van der Waals surface area (Å²) in [5, 5.41) is 23.2. The monoisotopic (exact) mass is 317 g/mol. The molecule has 0 fully saturated rings.